The lowest BCUT2D eigenvalue weighted by Gasteiger charge is -2.09. The van der Waals surface area contributed by atoms with Gasteiger partial charge in [0.05, 0.1) is 28.2 Å². The van der Waals surface area contributed by atoms with E-state index in [1.165, 1.54) is 23.9 Å². The first-order chi connectivity index (χ1) is 15.2. The number of rotatable bonds is 6. The highest BCUT2D eigenvalue weighted by Gasteiger charge is 2.17. The van der Waals surface area contributed by atoms with E-state index in [9.17, 15) is 10.1 Å². The third-order valence-electron chi connectivity index (χ3n) is 4.73. The van der Waals surface area contributed by atoms with E-state index in [0.29, 0.717) is 11.7 Å². The summed E-state index contributed by atoms with van der Waals surface area (Å²) in [5, 5.41) is 24.4. The van der Waals surface area contributed by atoms with Crippen molar-refractivity contribution in [1.29, 1.82) is 0 Å². The maximum atomic E-state index is 11.0. The first kappa shape index (κ1) is 18.9. The predicted octanol–water partition coefficient (Wildman–Crippen LogP) is 4.12. The van der Waals surface area contributed by atoms with Crippen molar-refractivity contribution in [1.82, 2.24) is 29.8 Å². The van der Waals surface area contributed by atoms with Crippen molar-refractivity contribution in [2.24, 2.45) is 0 Å². The largest absolute Gasteiger partial charge is 0.314 e. The van der Waals surface area contributed by atoms with Gasteiger partial charge in [-0.25, -0.2) is 4.98 Å². The van der Waals surface area contributed by atoms with Crippen molar-refractivity contribution >= 4 is 28.5 Å². The van der Waals surface area contributed by atoms with Crippen LogP contribution < -0.4 is 0 Å². The number of nitrogens with zero attached hydrogens (tertiary/aromatic N) is 7. The van der Waals surface area contributed by atoms with Crippen LogP contribution >= 0.6 is 11.8 Å². The molecule has 0 bridgehead atoms. The summed E-state index contributed by atoms with van der Waals surface area (Å²) >= 11 is 1.37. The summed E-state index contributed by atoms with van der Waals surface area (Å²) < 4.78 is 3.73. The third-order valence-corrected chi connectivity index (χ3v) is 5.66. The Labute approximate surface area is 180 Å². The summed E-state index contributed by atoms with van der Waals surface area (Å²) in [6.07, 6.45) is 0. The summed E-state index contributed by atoms with van der Waals surface area (Å²) in [4.78, 5) is 15.3. The summed E-state index contributed by atoms with van der Waals surface area (Å²) in [5.41, 5.74) is 3.66. The SMILES string of the molecule is O=[N+]([O-])c1ccc(Cn2c(Sc3nnnn3-c3ccccc3)nc3ccccc32)cc1. The normalized spacial score (nSPS) is 11.1. The molecule has 0 aliphatic carbocycles. The maximum absolute atomic E-state index is 11.0. The van der Waals surface area contributed by atoms with Crippen LogP contribution in [0.5, 0.6) is 0 Å². The fourth-order valence-corrected chi connectivity index (χ4v) is 4.13. The summed E-state index contributed by atoms with van der Waals surface area (Å²) in [7, 11) is 0. The van der Waals surface area contributed by atoms with Crippen molar-refractivity contribution in [2.75, 3.05) is 0 Å². The van der Waals surface area contributed by atoms with Crippen molar-refractivity contribution in [3.8, 4) is 5.69 Å². The number of benzene rings is 3. The molecule has 0 N–H and O–H groups in total. The first-order valence-electron chi connectivity index (χ1n) is 9.39. The van der Waals surface area contributed by atoms with Crippen LogP contribution in [0, 0.1) is 10.1 Å². The Morgan fingerprint density at radius 1 is 0.903 bits per heavy atom. The number of para-hydroxylation sites is 3. The Hall–Kier alpha value is -4.05. The lowest BCUT2D eigenvalue weighted by Crippen LogP contribution is -2.03. The fourth-order valence-electron chi connectivity index (χ4n) is 3.25. The molecule has 0 fully saturated rings. The minimum absolute atomic E-state index is 0.0656. The molecule has 9 nitrogen and oxygen atoms in total. The maximum Gasteiger partial charge on any atom is 0.269 e. The van der Waals surface area contributed by atoms with Gasteiger partial charge < -0.3 is 4.57 Å². The molecule has 0 spiro atoms. The highest BCUT2D eigenvalue weighted by molar-refractivity contribution is 7.99. The van der Waals surface area contributed by atoms with Crippen LogP contribution in [0.3, 0.4) is 0 Å². The van der Waals surface area contributed by atoms with Crippen molar-refractivity contribution in [2.45, 2.75) is 16.9 Å². The van der Waals surface area contributed by atoms with Gasteiger partial charge in [0.25, 0.3) is 5.69 Å². The van der Waals surface area contributed by atoms with Gasteiger partial charge in [0.1, 0.15) is 0 Å². The molecule has 10 heteroatoms. The highest BCUT2D eigenvalue weighted by atomic mass is 32.2. The molecule has 2 aromatic heterocycles. The van der Waals surface area contributed by atoms with Crippen LogP contribution in [-0.2, 0) is 6.54 Å². The van der Waals surface area contributed by atoms with E-state index in [1.54, 1.807) is 16.8 Å². The van der Waals surface area contributed by atoms with Crippen LogP contribution in [0.15, 0.2) is 89.2 Å². The number of hydrogen-bond acceptors (Lipinski definition) is 7. The van der Waals surface area contributed by atoms with Crippen LogP contribution in [-0.4, -0.2) is 34.7 Å². The molecule has 0 amide bonds. The number of imidazole rings is 1. The van der Waals surface area contributed by atoms with E-state index in [0.717, 1.165) is 27.4 Å². The molecule has 31 heavy (non-hydrogen) atoms. The topological polar surface area (TPSA) is 105 Å². The molecule has 3 aromatic carbocycles. The van der Waals surface area contributed by atoms with Gasteiger partial charge in [-0.15, -0.1) is 5.10 Å². The lowest BCUT2D eigenvalue weighted by molar-refractivity contribution is -0.384. The third kappa shape index (κ3) is 3.76. The van der Waals surface area contributed by atoms with Gasteiger partial charge in [-0.3, -0.25) is 10.1 Å². The molecule has 0 aliphatic rings. The molecule has 5 aromatic rings. The summed E-state index contributed by atoms with van der Waals surface area (Å²) in [6, 6.07) is 24.0. The molecule has 0 unspecified atom stereocenters. The van der Waals surface area contributed by atoms with E-state index in [-0.39, 0.29) is 5.69 Å². The Morgan fingerprint density at radius 3 is 2.42 bits per heavy atom. The van der Waals surface area contributed by atoms with Gasteiger partial charge in [0.2, 0.25) is 5.16 Å². The second kappa shape index (κ2) is 8.00. The quantitative estimate of drug-likeness (QED) is 0.295. The van der Waals surface area contributed by atoms with Gasteiger partial charge >= 0.3 is 0 Å². The Kier molecular flexibility index (Phi) is 4.89. The number of nitro benzene ring substituents is 1. The zero-order valence-corrected chi connectivity index (χ0v) is 16.9. The predicted molar refractivity (Wildman–Crippen MR) is 115 cm³/mol. The molecule has 0 radical (unpaired) electrons. The summed E-state index contributed by atoms with van der Waals surface area (Å²) in [6.45, 7) is 0.508. The molecule has 0 atom stereocenters. The van der Waals surface area contributed by atoms with Gasteiger partial charge in [-0.2, -0.15) is 4.68 Å². The molecule has 0 saturated carbocycles. The Balaban J connectivity index is 1.53. The van der Waals surface area contributed by atoms with Gasteiger partial charge in [0, 0.05) is 12.1 Å². The van der Waals surface area contributed by atoms with Gasteiger partial charge in [-0.1, -0.05) is 42.5 Å². The van der Waals surface area contributed by atoms with Crippen molar-refractivity contribution in [3.05, 3.63) is 94.5 Å². The smallest absolute Gasteiger partial charge is 0.269 e. The molecule has 0 aliphatic heterocycles. The standard InChI is InChI=1S/C21H15N7O2S/c29-28(30)17-12-10-15(11-13-17)14-26-19-9-5-4-8-18(19)22-20(26)31-21-23-24-25-27(21)16-6-2-1-3-7-16/h1-13H,14H2. The van der Waals surface area contributed by atoms with Crippen molar-refractivity contribution in [3.63, 3.8) is 0 Å². The highest BCUT2D eigenvalue weighted by Crippen LogP contribution is 2.30. The zero-order valence-electron chi connectivity index (χ0n) is 16.1. The lowest BCUT2D eigenvalue weighted by atomic mass is 10.2. The van der Waals surface area contributed by atoms with E-state index in [4.69, 9.17) is 4.98 Å². The number of hydrogen-bond donors (Lipinski definition) is 0. The van der Waals surface area contributed by atoms with Gasteiger partial charge in [0.15, 0.2) is 5.16 Å². The molecule has 2 heterocycles. The zero-order chi connectivity index (χ0) is 21.2. The van der Waals surface area contributed by atoms with Crippen LogP contribution in [0.1, 0.15) is 5.56 Å². The molecule has 152 valence electrons. The fraction of sp³-hybridized carbons (Fsp3) is 0.0476. The van der Waals surface area contributed by atoms with E-state index < -0.39 is 4.92 Å². The average molecular weight is 429 g/mol. The monoisotopic (exact) mass is 429 g/mol. The second-order valence-electron chi connectivity index (χ2n) is 6.70. The van der Waals surface area contributed by atoms with E-state index in [2.05, 4.69) is 20.1 Å². The molecular weight excluding hydrogens is 414 g/mol. The minimum atomic E-state index is -0.402. The number of fused-ring (bicyclic) bond motifs is 1. The molecule has 5 rings (SSSR count). The van der Waals surface area contributed by atoms with Crippen LogP contribution in [0.4, 0.5) is 5.69 Å². The van der Waals surface area contributed by atoms with Crippen LogP contribution in [0.25, 0.3) is 16.7 Å². The Morgan fingerprint density at radius 2 is 1.65 bits per heavy atom. The van der Waals surface area contributed by atoms with Crippen molar-refractivity contribution < 1.29 is 4.92 Å². The molecular formula is C21H15N7O2S. The Bertz CT molecular complexity index is 1360. The molecule has 0 saturated heterocycles. The second-order valence-corrected chi connectivity index (χ2v) is 7.64. The summed E-state index contributed by atoms with van der Waals surface area (Å²) in [5.74, 6) is 0. The van der Waals surface area contributed by atoms with Crippen LogP contribution in [0.2, 0.25) is 0 Å². The van der Waals surface area contributed by atoms with E-state index >= 15 is 0 Å². The average Bonchev–Trinajstić information content (AvgIpc) is 3.40. The number of aromatic nitrogens is 6. The number of nitro groups is 1. The number of tetrazole rings is 1. The number of non-ortho nitro benzene ring substituents is 1. The first-order valence-corrected chi connectivity index (χ1v) is 10.2. The van der Waals surface area contributed by atoms with Gasteiger partial charge in [-0.05, 0) is 52.0 Å². The van der Waals surface area contributed by atoms with E-state index in [1.807, 2.05) is 54.6 Å². The minimum Gasteiger partial charge on any atom is -0.314 e.